The summed E-state index contributed by atoms with van der Waals surface area (Å²) in [6.07, 6.45) is 1.93. The highest BCUT2D eigenvalue weighted by molar-refractivity contribution is 5.92. The van der Waals surface area contributed by atoms with Crippen LogP contribution >= 0.6 is 0 Å². The Kier molecular flexibility index (Phi) is 5.15. The van der Waals surface area contributed by atoms with Crippen molar-refractivity contribution in [2.75, 3.05) is 43.6 Å². The van der Waals surface area contributed by atoms with Crippen molar-refractivity contribution in [3.63, 3.8) is 0 Å². The Labute approximate surface area is 181 Å². The van der Waals surface area contributed by atoms with Gasteiger partial charge in [0, 0.05) is 30.9 Å². The van der Waals surface area contributed by atoms with Crippen LogP contribution in [0.25, 0.3) is 22.1 Å². The van der Waals surface area contributed by atoms with Crippen LogP contribution < -0.4 is 15.0 Å². The number of morpholine rings is 1. The fraction of sp³-hybridized carbons (Fsp3) is 0.391. The lowest BCUT2D eigenvalue weighted by atomic mass is 10.2. The molecule has 0 unspecified atom stereocenters. The molecule has 0 spiro atoms. The normalized spacial score (nSPS) is 14.6. The minimum Gasteiger partial charge on any atom is -0.497 e. The third-order valence-corrected chi connectivity index (χ3v) is 5.78. The molecular weight excluding hydrogens is 392 g/mol. The maximum atomic E-state index is 5.54. The molecule has 1 aliphatic rings. The zero-order chi connectivity index (χ0) is 21.4. The van der Waals surface area contributed by atoms with Crippen LogP contribution in [0, 0.1) is 0 Å². The van der Waals surface area contributed by atoms with Gasteiger partial charge in [-0.15, -0.1) is 0 Å². The molecule has 1 saturated heterocycles. The van der Waals surface area contributed by atoms with Crippen LogP contribution in [0.3, 0.4) is 0 Å². The van der Waals surface area contributed by atoms with E-state index in [1.54, 1.807) is 7.11 Å². The first kappa shape index (κ1) is 19.7. The maximum absolute atomic E-state index is 5.54. The number of hydrogen-bond acceptors (Lipinski definition) is 6. The van der Waals surface area contributed by atoms with Crippen molar-refractivity contribution in [3.8, 4) is 5.75 Å². The Hall–Kier alpha value is -3.26. The molecule has 1 fully saturated rings. The van der Waals surface area contributed by atoms with E-state index in [-0.39, 0.29) is 0 Å². The monoisotopic (exact) mass is 420 g/mol. The highest BCUT2D eigenvalue weighted by Crippen LogP contribution is 2.31. The predicted molar refractivity (Wildman–Crippen MR) is 123 cm³/mol. The van der Waals surface area contributed by atoms with Gasteiger partial charge in [-0.05, 0) is 38.1 Å². The molecule has 4 aromatic rings. The molecular formula is C23H28N6O2. The minimum atomic E-state index is 0.336. The molecule has 2 aromatic carbocycles. The Bertz CT molecular complexity index is 1210. The summed E-state index contributed by atoms with van der Waals surface area (Å²) in [4.78, 5) is 15.2. The summed E-state index contributed by atoms with van der Waals surface area (Å²) in [5, 5.41) is 3.57. The van der Waals surface area contributed by atoms with E-state index < -0.39 is 0 Å². The molecule has 0 aliphatic carbocycles. The zero-order valence-electron chi connectivity index (χ0n) is 18.2. The van der Waals surface area contributed by atoms with E-state index in [4.69, 9.17) is 19.4 Å². The van der Waals surface area contributed by atoms with Gasteiger partial charge in [0.15, 0.2) is 0 Å². The fourth-order valence-corrected chi connectivity index (χ4v) is 4.10. The lowest BCUT2D eigenvalue weighted by Gasteiger charge is -2.29. The Balaban J connectivity index is 1.47. The number of anilines is 2. The number of nitrogens with one attached hydrogen (secondary N) is 2. The molecule has 8 nitrogen and oxygen atoms in total. The highest BCUT2D eigenvalue weighted by Gasteiger charge is 2.17. The van der Waals surface area contributed by atoms with Crippen LogP contribution in [0.4, 0.5) is 11.4 Å². The van der Waals surface area contributed by atoms with Gasteiger partial charge < -0.3 is 29.2 Å². The fourth-order valence-electron chi connectivity index (χ4n) is 4.10. The van der Waals surface area contributed by atoms with Crippen molar-refractivity contribution in [2.24, 2.45) is 0 Å². The van der Waals surface area contributed by atoms with Gasteiger partial charge >= 0.3 is 0 Å². The van der Waals surface area contributed by atoms with E-state index in [9.17, 15) is 0 Å². The van der Waals surface area contributed by atoms with Crippen LogP contribution in [0.1, 0.15) is 25.7 Å². The summed E-state index contributed by atoms with van der Waals surface area (Å²) in [5.41, 5.74) is 6.20. The lowest BCUT2D eigenvalue weighted by Crippen LogP contribution is -2.36. The number of benzene rings is 2. The smallest absolute Gasteiger partial charge is 0.126 e. The number of imidazole rings is 2. The van der Waals surface area contributed by atoms with Crippen LogP contribution in [0.15, 0.2) is 36.7 Å². The largest absolute Gasteiger partial charge is 0.497 e. The van der Waals surface area contributed by atoms with Gasteiger partial charge in [0.25, 0.3) is 0 Å². The number of ether oxygens (including phenoxy) is 2. The van der Waals surface area contributed by atoms with Crippen LogP contribution in [0.2, 0.25) is 0 Å². The van der Waals surface area contributed by atoms with Crippen molar-refractivity contribution >= 4 is 33.4 Å². The molecule has 162 valence electrons. The first-order valence-electron chi connectivity index (χ1n) is 10.7. The Morgan fingerprint density at radius 1 is 1.19 bits per heavy atom. The van der Waals surface area contributed by atoms with E-state index >= 15 is 0 Å². The number of methoxy groups -OCH3 is 1. The average molecular weight is 421 g/mol. The average Bonchev–Trinajstić information content (AvgIpc) is 3.41. The number of fused-ring (bicyclic) bond motifs is 2. The number of aromatic nitrogens is 4. The second kappa shape index (κ2) is 8.11. The van der Waals surface area contributed by atoms with Gasteiger partial charge in [0.05, 0.1) is 55.4 Å². The summed E-state index contributed by atoms with van der Waals surface area (Å²) in [6.45, 7) is 8.24. The summed E-state index contributed by atoms with van der Waals surface area (Å²) < 4.78 is 13.1. The predicted octanol–water partition coefficient (Wildman–Crippen LogP) is 3.95. The van der Waals surface area contributed by atoms with E-state index in [0.29, 0.717) is 12.6 Å². The molecule has 0 saturated carbocycles. The standard InChI is InChI=1S/C23H28N6O2/c1-15(2)29-14-25-23-20(10-16(11-21(23)29)28-6-8-31-9-7-28)24-13-22-26-18-5-4-17(30-3)12-19(18)27-22/h4-5,10-12,14-15,24H,6-9,13H2,1-3H3,(H,26,27). The first-order chi connectivity index (χ1) is 15.1. The number of hydrogen-bond donors (Lipinski definition) is 2. The number of H-pyrrole nitrogens is 1. The molecule has 2 aromatic heterocycles. The van der Waals surface area contributed by atoms with Gasteiger partial charge in [-0.25, -0.2) is 9.97 Å². The van der Waals surface area contributed by atoms with E-state index in [1.165, 1.54) is 5.69 Å². The molecule has 3 heterocycles. The number of rotatable bonds is 6. The molecule has 0 radical (unpaired) electrons. The SMILES string of the molecule is COc1ccc2nc(CNc3cc(N4CCOCC4)cc4c3ncn4C(C)C)[nH]c2c1. The molecule has 1 aliphatic heterocycles. The van der Waals surface area contributed by atoms with Gasteiger partial charge in [-0.1, -0.05) is 0 Å². The van der Waals surface area contributed by atoms with Gasteiger partial charge in [0.1, 0.15) is 17.1 Å². The zero-order valence-corrected chi connectivity index (χ0v) is 18.2. The van der Waals surface area contributed by atoms with E-state index in [1.807, 2.05) is 24.5 Å². The minimum absolute atomic E-state index is 0.336. The number of nitrogens with zero attached hydrogens (tertiary/aromatic N) is 4. The highest BCUT2D eigenvalue weighted by atomic mass is 16.5. The van der Waals surface area contributed by atoms with Crippen LogP contribution in [-0.2, 0) is 11.3 Å². The number of aromatic amines is 1. The van der Waals surface area contributed by atoms with Crippen LogP contribution in [-0.4, -0.2) is 52.9 Å². The van der Waals surface area contributed by atoms with Gasteiger partial charge in [0.2, 0.25) is 0 Å². The molecule has 0 amide bonds. The van der Waals surface area contributed by atoms with E-state index in [0.717, 1.165) is 65.6 Å². The molecule has 5 rings (SSSR count). The Morgan fingerprint density at radius 3 is 2.81 bits per heavy atom. The van der Waals surface area contributed by atoms with Gasteiger partial charge in [-0.2, -0.15) is 0 Å². The molecule has 8 heteroatoms. The van der Waals surface area contributed by atoms with Crippen molar-refractivity contribution in [1.82, 2.24) is 19.5 Å². The lowest BCUT2D eigenvalue weighted by molar-refractivity contribution is 0.122. The van der Waals surface area contributed by atoms with Crippen molar-refractivity contribution < 1.29 is 9.47 Å². The first-order valence-corrected chi connectivity index (χ1v) is 10.7. The maximum Gasteiger partial charge on any atom is 0.126 e. The van der Waals surface area contributed by atoms with Crippen molar-refractivity contribution in [3.05, 3.63) is 42.5 Å². The molecule has 0 atom stereocenters. The quantitative estimate of drug-likeness (QED) is 0.492. The second-order valence-electron chi connectivity index (χ2n) is 8.13. The second-order valence-corrected chi connectivity index (χ2v) is 8.13. The third-order valence-electron chi connectivity index (χ3n) is 5.78. The van der Waals surface area contributed by atoms with Crippen molar-refractivity contribution in [2.45, 2.75) is 26.4 Å². The van der Waals surface area contributed by atoms with E-state index in [2.05, 4.69) is 45.7 Å². The molecule has 0 bridgehead atoms. The molecule has 2 N–H and O–H groups in total. The third kappa shape index (κ3) is 3.79. The summed E-state index contributed by atoms with van der Waals surface area (Å²) in [5.74, 6) is 1.69. The van der Waals surface area contributed by atoms with Gasteiger partial charge in [-0.3, -0.25) is 0 Å². The molecule has 31 heavy (non-hydrogen) atoms. The summed E-state index contributed by atoms with van der Waals surface area (Å²) >= 11 is 0. The van der Waals surface area contributed by atoms with Crippen LogP contribution in [0.5, 0.6) is 5.75 Å². The topological polar surface area (TPSA) is 80.2 Å². The Morgan fingerprint density at radius 2 is 2.03 bits per heavy atom. The summed E-state index contributed by atoms with van der Waals surface area (Å²) in [7, 11) is 1.67. The van der Waals surface area contributed by atoms with Crippen molar-refractivity contribution in [1.29, 1.82) is 0 Å². The summed E-state index contributed by atoms with van der Waals surface area (Å²) in [6, 6.07) is 10.6.